The normalized spacial score (nSPS) is 20.5. The standard InChI is InChI=1S/C32H40FN5O4/c1-22(25-11-12-25)6-4-3-5-17-36-20-29-37(28(31(36)41)18-23-9-15-27(39)16-10-23)30(40)21-35(2)38(29)32(42)34-19-24-7-13-26(33)14-8-24/h7-10,13-16,28-29,39H,3-6,11-12,17-21H2,1-2H3,(H,34,42)/t28-,29-/m0/s1. The Kier molecular flexibility index (Phi) is 9.11. The maximum Gasteiger partial charge on any atom is 0.334 e. The Hall–Kier alpha value is -3.92. The van der Waals surface area contributed by atoms with Crippen LogP contribution < -0.4 is 5.32 Å². The van der Waals surface area contributed by atoms with Crippen molar-refractivity contribution in [3.05, 3.63) is 76.6 Å². The van der Waals surface area contributed by atoms with Gasteiger partial charge in [-0.1, -0.05) is 41.8 Å². The van der Waals surface area contributed by atoms with E-state index in [4.69, 9.17) is 0 Å². The van der Waals surface area contributed by atoms with E-state index in [1.165, 1.54) is 35.6 Å². The molecule has 5 rings (SSSR count). The van der Waals surface area contributed by atoms with Gasteiger partial charge >= 0.3 is 6.03 Å². The van der Waals surface area contributed by atoms with Gasteiger partial charge in [0, 0.05) is 26.6 Å². The van der Waals surface area contributed by atoms with E-state index in [0.29, 0.717) is 6.54 Å². The third-order valence-corrected chi connectivity index (χ3v) is 8.45. The zero-order valence-electron chi connectivity index (χ0n) is 24.4. The number of phenolic OH excluding ortho intramolecular Hbond substituents is 1. The summed E-state index contributed by atoms with van der Waals surface area (Å²) < 4.78 is 13.3. The summed E-state index contributed by atoms with van der Waals surface area (Å²) in [4.78, 5) is 44.2. The van der Waals surface area contributed by atoms with E-state index in [0.717, 1.165) is 36.8 Å². The van der Waals surface area contributed by atoms with Crippen molar-refractivity contribution in [3.63, 3.8) is 0 Å². The van der Waals surface area contributed by atoms with E-state index in [9.17, 15) is 23.9 Å². The van der Waals surface area contributed by atoms with Gasteiger partial charge in [0.2, 0.25) is 11.8 Å². The van der Waals surface area contributed by atoms with Gasteiger partial charge in [0.1, 0.15) is 23.8 Å². The third-order valence-electron chi connectivity index (χ3n) is 8.45. The van der Waals surface area contributed by atoms with E-state index in [1.807, 2.05) is 0 Å². The first-order valence-corrected chi connectivity index (χ1v) is 14.8. The predicted molar refractivity (Wildman–Crippen MR) is 156 cm³/mol. The molecule has 0 spiro atoms. The molecule has 2 heterocycles. The fourth-order valence-corrected chi connectivity index (χ4v) is 5.96. The highest BCUT2D eigenvalue weighted by Crippen LogP contribution is 2.33. The molecule has 9 nitrogen and oxygen atoms in total. The van der Waals surface area contributed by atoms with Gasteiger partial charge in [-0.05, 0) is 74.4 Å². The Labute approximate surface area is 246 Å². The van der Waals surface area contributed by atoms with Crippen molar-refractivity contribution < 1.29 is 23.9 Å². The number of allylic oxidation sites excluding steroid dienone is 2. The second kappa shape index (κ2) is 12.9. The molecule has 224 valence electrons. The van der Waals surface area contributed by atoms with Crippen LogP contribution in [0.25, 0.3) is 0 Å². The summed E-state index contributed by atoms with van der Waals surface area (Å²) in [7, 11) is 1.69. The molecule has 2 saturated heterocycles. The number of rotatable bonds is 10. The number of urea groups is 1. The van der Waals surface area contributed by atoms with Gasteiger partial charge in [0.25, 0.3) is 0 Å². The lowest BCUT2D eigenvalue weighted by molar-refractivity contribution is -0.186. The summed E-state index contributed by atoms with van der Waals surface area (Å²) in [5.74, 6) is -0.567. The number of hydrogen-bond donors (Lipinski definition) is 2. The number of benzene rings is 2. The number of halogens is 1. The Bertz CT molecular complexity index is 1320. The number of phenols is 1. The highest BCUT2D eigenvalue weighted by Gasteiger charge is 2.50. The number of carbonyl (C=O) groups excluding carboxylic acids is 3. The minimum absolute atomic E-state index is 0.0469. The lowest BCUT2D eigenvalue weighted by Gasteiger charge is -2.54. The van der Waals surface area contributed by atoms with E-state index in [-0.39, 0.29) is 49.4 Å². The van der Waals surface area contributed by atoms with Crippen LogP contribution in [-0.4, -0.2) is 81.7 Å². The first-order chi connectivity index (χ1) is 20.2. The van der Waals surface area contributed by atoms with Gasteiger partial charge in [-0.2, -0.15) is 0 Å². The molecule has 2 aromatic rings. The largest absolute Gasteiger partial charge is 0.508 e. The van der Waals surface area contributed by atoms with Crippen LogP contribution in [0.4, 0.5) is 9.18 Å². The molecular weight excluding hydrogens is 537 g/mol. The number of carbonyl (C=O) groups is 3. The van der Waals surface area contributed by atoms with Crippen LogP contribution in [0, 0.1) is 5.82 Å². The molecule has 2 N–H and O–H groups in total. The Morgan fingerprint density at radius 2 is 1.69 bits per heavy atom. The summed E-state index contributed by atoms with van der Waals surface area (Å²) in [6, 6.07) is 11.4. The number of nitrogens with zero attached hydrogens (tertiary/aromatic N) is 4. The van der Waals surface area contributed by atoms with Gasteiger partial charge in [0.15, 0.2) is 0 Å². The number of unbranched alkanes of at least 4 members (excludes halogenated alkanes) is 2. The highest BCUT2D eigenvalue weighted by molar-refractivity contribution is 5.91. The monoisotopic (exact) mass is 577 g/mol. The van der Waals surface area contributed by atoms with Crippen molar-refractivity contribution in [1.29, 1.82) is 0 Å². The minimum Gasteiger partial charge on any atom is -0.508 e. The summed E-state index contributed by atoms with van der Waals surface area (Å²) in [5.41, 5.74) is 4.65. The van der Waals surface area contributed by atoms with Crippen molar-refractivity contribution in [2.45, 2.75) is 70.6 Å². The number of hydrogen-bond acceptors (Lipinski definition) is 5. The Morgan fingerprint density at radius 3 is 2.38 bits per heavy atom. The van der Waals surface area contributed by atoms with E-state index in [1.54, 1.807) is 63.8 Å². The molecule has 1 saturated carbocycles. The summed E-state index contributed by atoms with van der Waals surface area (Å²) in [5, 5.41) is 15.8. The molecular formula is C32H40FN5O4. The molecule has 42 heavy (non-hydrogen) atoms. The van der Waals surface area contributed by atoms with Gasteiger partial charge < -0.3 is 20.2 Å². The quantitative estimate of drug-likeness (QED) is 0.326. The zero-order chi connectivity index (χ0) is 29.8. The van der Waals surface area contributed by atoms with Crippen molar-refractivity contribution in [1.82, 2.24) is 25.1 Å². The molecule has 0 aromatic heterocycles. The van der Waals surface area contributed by atoms with Crippen LogP contribution in [0.5, 0.6) is 5.75 Å². The molecule has 10 heteroatoms. The van der Waals surface area contributed by atoms with Gasteiger partial charge in [-0.3, -0.25) is 9.59 Å². The fraction of sp³-hybridized carbons (Fsp3) is 0.469. The molecule has 0 unspecified atom stereocenters. The van der Waals surface area contributed by atoms with E-state index in [2.05, 4.69) is 12.2 Å². The molecule has 2 aromatic carbocycles. The Morgan fingerprint density at radius 1 is 1.00 bits per heavy atom. The summed E-state index contributed by atoms with van der Waals surface area (Å²) >= 11 is 0. The molecule has 1 aliphatic carbocycles. The maximum absolute atomic E-state index is 13.9. The average molecular weight is 578 g/mol. The van der Waals surface area contributed by atoms with Crippen LogP contribution in [0.1, 0.15) is 56.6 Å². The number of aromatic hydroxyl groups is 1. The second-order valence-electron chi connectivity index (χ2n) is 11.6. The first kappa shape index (κ1) is 29.6. The van der Waals surface area contributed by atoms with E-state index < -0.39 is 18.2 Å². The topological polar surface area (TPSA) is 96.4 Å². The average Bonchev–Trinajstić information content (AvgIpc) is 3.81. The first-order valence-electron chi connectivity index (χ1n) is 14.8. The van der Waals surface area contributed by atoms with Crippen LogP contribution in [0.15, 0.2) is 59.7 Å². The van der Waals surface area contributed by atoms with Gasteiger partial charge in [-0.25, -0.2) is 19.2 Å². The van der Waals surface area contributed by atoms with Gasteiger partial charge in [-0.15, -0.1) is 0 Å². The predicted octanol–water partition coefficient (Wildman–Crippen LogP) is 4.18. The van der Waals surface area contributed by atoms with Crippen molar-refractivity contribution in [2.24, 2.45) is 0 Å². The SMILES string of the molecule is CC(CCCCCN1C[C@H]2N(C(=O)CN(C)N2C(=O)NCc2ccc(F)cc2)[C@@H](Cc2ccc(O)cc2)C1=O)=C1CC1. The molecule has 2 atom stereocenters. The minimum atomic E-state index is -0.774. The number of piperazine rings is 1. The molecule has 3 aliphatic rings. The molecule has 0 bridgehead atoms. The number of fused-ring (bicyclic) bond motifs is 1. The number of hydrazine groups is 1. The highest BCUT2D eigenvalue weighted by atomic mass is 19.1. The third kappa shape index (κ3) is 6.92. The number of nitrogens with one attached hydrogen (secondary N) is 1. The lowest BCUT2D eigenvalue weighted by Crippen LogP contribution is -2.76. The fourth-order valence-electron chi connectivity index (χ4n) is 5.96. The van der Waals surface area contributed by atoms with Crippen molar-refractivity contribution in [2.75, 3.05) is 26.7 Å². The summed E-state index contributed by atoms with van der Waals surface area (Å²) in [6.45, 7) is 3.13. The maximum atomic E-state index is 13.9. The van der Waals surface area contributed by atoms with Gasteiger partial charge in [0.05, 0.1) is 13.1 Å². The van der Waals surface area contributed by atoms with Crippen molar-refractivity contribution >= 4 is 17.8 Å². The number of amides is 4. The number of likely N-dealkylation sites (N-methyl/N-ethyl adjacent to an activating group) is 1. The molecule has 2 aliphatic heterocycles. The summed E-state index contributed by atoms with van der Waals surface area (Å²) in [6.07, 6.45) is 6.06. The van der Waals surface area contributed by atoms with Crippen LogP contribution in [0.2, 0.25) is 0 Å². The van der Waals surface area contributed by atoms with Crippen molar-refractivity contribution in [3.8, 4) is 5.75 Å². The molecule has 4 amide bonds. The second-order valence-corrected chi connectivity index (χ2v) is 11.6. The van der Waals surface area contributed by atoms with Crippen LogP contribution in [0.3, 0.4) is 0 Å². The smallest absolute Gasteiger partial charge is 0.334 e. The van der Waals surface area contributed by atoms with Crippen LogP contribution in [-0.2, 0) is 22.6 Å². The Balaban J connectivity index is 1.33. The van der Waals surface area contributed by atoms with E-state index >= 15 is 0 Å². The zero-order valence-corrected chi connectivity index (χ0v) is 24.4. The molecule has 3 fully saturated rings. The lowest BCUT2D eigenvalue weighted by atomic mass is 9.98. The molecule has 0 radical (unpaired) electrons. The van der Waals surface area contributed by atoms with Crippen LogP contribution >= 0.6 is 0 Å².